The number of hydrogen-bond donors (Lipinski definition) is 0. The first-order chi connectivity index (χ1) is 5.04. The second kappa shape index (κ2) is 4.43. The van der Waals surface area contributed by atoms with Gasteiger partial charge in [0.05, 0.1) is 4.47 Å². The van der Waals surface area contributed by atoms with Crippen molar-refractivity contribution >= 4 is 39.0 Å². The van der Waals surface area contributed by atoms with Gasteiger partial charge in [0.15, 0.2) is 23.3 Å². The first-order valence-corrected chi connectivity index (χ1v) is 3.32. The van der Waals surface area contributed by atoms with Crippen LogP contribution in [-0.2, 0) is 0 Å². The maximum atomic E-state index is 12.3. The number of rotatable bonds is 0. The zero-order valence-electron chi connectivity index (χ0n) is 7.67. The second-order valence-electron chi connectivity index (χ2n) is 1.78. The summed E-state index contributed by atoms with van der Waals surface area (Å²) in [6.07, 6.45) is 0. The first kappa shape index (κ1) is 12.2. The molecule has 0 aromatic heterocycles. The van der Waals surface area contributed by atoms with Gasteiger partial charge in [-0.1, -0.05) is 0 Å². The summed E-state index contributed by atoms with van der Waals surface area (Å²) in [5.41, 5.74) is 0. The molecule has 0 fully saturated rings. The number of benzene rings is 1. The van der Waals surface area contributed by atoms with E-state index in [1.807, 2.05) is 0 Å². The smallest absolute Gasteiger partial charge is 1.00 e. The van der Waals surface area contributed by atoms with E-state index in [4.69, 9.17) is 0 Å². The summed E-state index contributed by atoms with van der Waals surface area (Å²) in [5, 5.41) is 0. The van der Waals surface area contributed by atoms with Gasteiger partial charge in [-0.25, -0.2) is 17.6 Å². The van der Waals surface area contributed by atoms with Gasteiger partial charge in [-0.3, -0.25) is 0 Å². The maximum absolute atomic E-state index is 12.3. The Bertz CT molecular complexity index is 284. The van der Waals surface area contributed by atoms with Crippen molar-refractivity contribution in [1.29, 1.82) is 0 Å². The van der Waals surface area contributed by atoms with Gasteiger partial charge in [0, 0.05) is 6.07 Å². The summed E-state index contributed by atoms with van der Waals surface area (Å²) in [4.78, 5) is 0. The topological polar surface area (TPSA) is 0 Å². The first-order valence-electron chi connectivity index (χ1n) is 2.52. The van der Waals surface area contributed by atoms with Gasteiger partial charge in [-0.15, -0.1) is 0 Å². The molecule has 0 bridgehead atoms. The van der Waals surface area contributed by atoms with Crippen molar-refractivity contribution in [3.05, 3.63) is 33.8 Å². The molecule has 0 aliphatic heterocycles. The fourth-order valence-corrected chi connectivity index (χ4v) is 0.923. The van der Waals surface area contributed by atoms with Gasteiger partial charge in [-0.2, -0.15) is 0 Å². The molecular formula is C6H3BrF4Mg. The zero-order valence-corrected chi connectivity index (χ0v) is 8.67. The molecule has 12 heavy (non-hydrogen) atoms. The quantitative estimate of drug-likeness (QED) is 0.289. The molecule has 0 unspecified atom stereocenters. The van der Waals surface area contributed by atoms with Crippen LogP contribution in [0.15, 0.2) is 10.5 Å². The van der Waals surface area contributed by atoms with E-state index in [0.29, 0.717) is 0 Å². The van der Waals surface area contributed by atoms with Gasteiger partial charge in [0.2, 0.25) is 0 Å². The predicted octanol–water partition coefficient (Wildman–Crippen LogP) is 2.85. The fraction of sp³-hybridized carbons (Fsp3) is 0. The van der Waals surface area contributed by atoms with E-state index in [0.717, 1.165) is 0 Å². The van der Waals surface area contributed by atoms with Crippen LogP contribution in [0.3, 0.4) is 0 Å². The fourth-order valence-electron chi connectivity index (χ4n) is 0.544. The van der Waals surface area contributed by atoms with Crippen LogP contribution in [-0.4, -0.2) is 23.1 Å². The summed E-state index contributed by atoms with van der Waals surface area (Å²) in [5.74, 6) is -5.70. The van der Waals surface area contributed by atoms with Crippen LogP contribution in [0.5, 0.6) is 0 Å². The third-order valence-electron chi connectivity index (χ3n) is 1.06. The monoisotopic (exact) mass is 254 g/mol. The minimum Gasteiger partial charge on any atom is -1.00 e. The molecule has 0 N–H and O–H groups in total. The summed E-state index contributed by atoms with van der Waals surface area (Å²) in [6, 6.07) is 0.148. The Labute approximate surface area is 93.2 Å². The third-order valence-corrected chi connectivity index (χ3v) is 1.75. The minimum atomic E-state index is -1.43. The Kier molecular flexibility index (Phi) is 4.50. The van der Waals surface area contributed by atoms with E-state index in [9.17, 15) is 17.6 Å². The van der Waals surface area contributed by atoms with Crippen LogP contribution < -0.4 is 0 Å². The van der Waals surface area contributed by atoms with Gasteiger partial charge in [-0.05, 0) is 15.9 Å². The van der Waals surface area contributed by atoms with E-state index in [2.05, 4.69) is 15.9 Å². The van der Waals surface area contributed by atoms with Gasteiger partial charge in [0.25, 0.3) is 0 Å². The molecule has 1 aromatic rings. The summed E-state index contributed by atoms with van der Waals surface area (Å²) < 4.78 is 48.3. The molecule has 1 aromatic carbocycles. The van der Waals surface area contributed by atoms with E-state index in [-0.39, 0.29) is 32.0 Å². The molecule has 6 heteroatoms. The van der Waals surface area contributed by atoms with E-state index in [1.165, 1.54) is 0 Å². The van der Waals surface area contributed by atoms with E-state index in [1.54, 1.807) is 0 Å². The van der Waals surface area contributed by atoms with Gasteiger partial charge in [0.1, 0.15) is 0 Å². The largest absolute Gasteiger partial charge is 2.00 e. The summed E-state index contributed by atoms with van der Waals surface area (Å²) in [6.45, 7) is 0. The average molecular weight is 255 g/mol. The molecule has 1 rings (SSSR count). The molecule has 0 aliphatic rings. The number of halogens is 5. The molecule has 0 atom stereocenters. The van der Waals surface area contributed by atoms with Crippen LogP contribution in [0.1, 0.15) is 2.85 Å². The normalized spacial score (nSPS) is 9.42. The molecule has 0 saturated heterocycles. The Balaban J connectivity index is -0.000000403. The predicted molar refractivity (Wildman–Crippen MR) is 42.0 cm³/mol. The van der Waals surface area contributed by atoms with Crippen LogP contribution in [0, 0.1) is 23.3 Å². The van der Waals surface area contributed by atoms with Crippen LogP contribution >= 0.6 is 15.9 Å². The molecule has 0 aliphatic carbocycles. The van der Waals surface area contributed by atoms with E-state index >= 15 is 0 Å². The third kappa shape index (κ3) is 2.11. The van der Waals surface area contributed by atoms with Crippen molar-refractivity contribution in [2.45, 2.75) is 0 Å². The molecule has 0 saturated carbocycles. The minimum absolute atomic E-state index is 0. The Morgan fingerprint density at radius 1 is 1.00 bits per heavy atom. The molecule has 0 heterocycles. The standard InChI is InChI=1S/C6HBrF4.Mg.2H/c7-4-5(10)2(8)1-3(9)6(4)11;;;/h1H;;;/q;+2;2*-1. The molecular weight excluding hydrogens is 252 g/mol. The van der Waals surface area contributed by atoms with Crippen molar-refractivity contribution in [2.24, 2.45) is 0 Å². The zero-order chi connectivity index (χ0) is 8.59. The summed E-state index contributed by atoms with van der Waals surface area (Å²) in [7, 11) is 0. The average Bonchev–Trinajstić information content (AvgIpc) is 1.97. The molecule has 0 radical (unpaired) electrons. The van der Waals surface area contributed by atoms with Crippen LogP contribution in [0.4, 0.5) is 17.6 Å². The Morgan fingerprint density at radius 2 is 1.33 bits per heavy atom. The van der Waals surface area contributed by atoms with Crippen molar-refractivity contribution in [3.8, 4) is 0 Å². The van der Waals surface area contributed by atoms with Crippen molar-refractivity contribution in [1.82, 2.24) is 0 Å². The van der Waals surface area contributed by atoms with E-state index < -0.39 is 27.7 Å². The Hall–Kier alpha value is 0.186. The second-order valence-corrected chi connectivity index (χ2v) is 2.58. The molecule has 64 valence electrons. The maximum Gasteiger partial charge on any atom is 2.00 e. The van der Waals surface area contributed by atoms with Crippen molar-refractivity contribution < 1.29 is 20.4 Å². The SMILES string of the molecule is Fc1cc(F)c(F)c(Br)c1F.[H-].[H-].[Mg+2]. The Morgan fingerprint density at radius 3 is 1.67 bits per heavy atom. The van der Waals surface area contributed by atoms with Gasteiger partial charge >= 0.3 is 23.1 Å². The molecule has 0 spiro atoms. The van der Waals surface area contributed by atoms with Crippen LogP contribution in [0.25, 0.3) is 0 Å². The van der Waals surface area contributed by atoms with Crippen molar-refractivity contribution in [2.75, 3.05) is 0 Å². The molecule has 0 amide bonds. The van der Waals surface area contributed by atoms with Crippen LogP contribution in [0.2, 0.25) is 0 Å². The van der Waals surface area contributed by atoms with Crippen molar-refractivity contribution in [3.63, 3.8) is 0 Å². The summed E-state index contributed by atoms with van der Waals surface area (Å²) >= 11 is 2.35. The number of hydrogen-bond acceptors (Lipinski definition) is 0. The van der Waals surface area contributed by atoms with Gasteiger partial charge < -0.3 is 2.85 Å². The molecule has 0 nitrogen and oxygen atoms in total.